The third-order valence-electron chi connectivity index (χ3n) is 9.96. The van der Waals surface area contributed by atoms with Crippen molar-refractivity contribution >= 4 is 23.9 Å². The Hall–Kier alpha value is -2.32. The number of hydrogen-bond donors (Lipinski definition) is 6. The predicted octanol–water partition coefficient (Wildman–Crippen LogP) is 6.84. The van der Waals surface area contributed by atoms with Gasteiger partial charge in [-0.25, -0.2) is 9.59 Å². The van der Waals surface area contributed by atoms with Crippen LogP contribution < -0.4 is 0 Å². The highest BCUT2D eigenvalue weighted by Crippen LogP contribution is 2.18. The van der Waals surface area contributed by atoms with E-state index in [-0.39, 0.29) is 12.8 Å². The van der Waals surface area contributed by atoms with E-state index in [9.17, 15) is 44.7 Å². The van der Waals surface area contributed by atoms with Gasteiger partial charge in [0.15, 0.2) is 0 Å². The van der Waals surface area contributed by atoms with Crippen LogP contribution in [0.3, 0.4) is 0 Å². The fraction of sp³-hybridized carbons (Fsp3) is 0.905. The molecule has 55 heavy (non-hydrogen) atoms. The molecule has 0 saturated carbocycles. The molecule has 0 amide bonds. The van der Waals surface area contributed by atoms with Gasteiger partial charge in [0.2, 0.25) is 12.2 Å². The number of carboxylic acids is 1. The lowest BCUT2D eigenvalue weighted by atomic mass is 10.0. The van der Waals surface area contributed by atoms with Crippen molar-refractivity contribution in [3.8, 4) is 0 Å². The zero-order valence-corrected chi connectivity index (χ0v) is 34.2. The number of carboxylic acid groups (broad SMARTS) is 1. The first kappa shape index (κ1) is 52.7. The molecule has 0 unspecified atom stereocenters. The Labute approximate surface area is 330 Å². The SMILES string of the molecule is CCCCCCCCCCCCCCCC(=O)O[C@@H](C(=O)O)[C@@H](OC(=O)CCCCCCCCCCCCCCC)C(=O)OC[C@H](O)[C@@H](O)[C@H](O)[C@H](O)CO. The van der Waals surface area contributed by atoms with Gasteiger partial charge in [-0.05, 0) is 12.8 Å². The molecule has 0 heterocycles. The van der Waals surface area contributed by atoms with Gasteiger partial charge < -0.3 is 44.8 Å². The van der Waals surface area contributed by atoms with Crippen LogP contribution in [0.15, 0.2) is 0 Å². The molecule has 0 saturated heterocycles. The fourth-order valence-electron chi connectivity index (χ4n) is 6.36. The highest BCUT2D eigenvalue weighted by molar-refractivity contribution is 5.88. The number of aliphatic hydroxyl groups is 5. The standard InChI is InChI=1S/C42H78O13/c1-3-5-7-9-11-13-15-17-19-21-23-25-27-29-35(46)54-39(41(50)51)40(42(52)53-32-34(45)38(49)37(48)33(44)31-43)55-36(47)30-28-26-24-22-20-18-16-14-12-10-8-6-4-2/h33-34,37-40,43-45,48-49H,3-32H2,1-2H3,(H,50,51)/t33-,34+,37-,38-,39-,40-/m1/s1. The number of aliphatic carboxylic acids is 1. The normalized spacial score (nSPS) is 14.7. The molecule has 0 aliphatic carbocycles. The van der Waals surface area contributed by atoms with Crippen LogP contribution in [0.2, 0.25) is 0 Å². The second-order valence-electron chi connectivity index (χ2n) is 15.1. The summed E-state index contributed by atoms with van der Waals surface area (Å²) in [4.78, 5) is 50.8. The van der Waals surface area contributed by atoms with E-state index in [1.165, 1.54) is 103 Å². The van der Waals surface area contributed by atoms with Crippen molar-refractivity contribution in [2.24, 2.45) is 0 Å². The molecule has 0 spiro atoms. The topological polar surface area (TPSA) is 217 Å². The van der Waals surface area contributed by atoms with Crippen molar-refractivity contribution in [2.75, 3.05) is 13.2 Å². The van der Waals surface area contributed by atoms with Crippen LogP contribution in [0.1, 0.15) is 194 Å². The summed E-state index contributed by atoms with van der Waals surface area (Å²) in [5, 5.41) is 58.5. The van der Waals surface area contributed by atoms with E-state index in [0.717, 1.165) is 51.4 Å². The van der Waals surface area contributed by atoms with Crippen LogP contribution in [-0.4, -0.2) is 104 Å². The van der Waals surface area contributed by atoms with E-state index >= 15 is 0 Å². The number of carbonyl (C=O) groups excluding carboxylic acids is 3. The molecular weight excluding hydrogens is 712 g/mol. The van der Waals surface area contributed by atoms with Crippen LogP contribution in [0.25, 0.3) is 0 Å². The number of ether oxygens (including phenoxy) is 3. The van der Waals surface area contributed by atoms with E-state index in [2.05, 4.69) is 13.8 Å². The summed E-state index contributed by atoms with van der Waals surface area (Å²) in [5.74, 6) is -5.00. The average Bonchev–Trinajstić information content (AvgIpc) is 3.17. The van der Waals surface area contributed by atoms with Gasteiger partial charge in [-0.15, -0.1) is 0 Å². The molecule has 0 radical (unpaired) electrons. The number of esters is 3. The van der Waals surface area contributed by atoms with E-state index in [1.807, 2.05) is 0 Å². The number of hydrogen-bond acceptors (Lipinski definition) is 12. The third-order valence-corrected chi connectivity index (χ3v) is 9.96. The molecule has 0 aromatic carbocycles. The lowest BCUT2D eigenvalue weighted by Gasteiger charge is -2.26. The minimum absolute atomic E-state index is 0.105. The van der Waals surface area contributed by atoms with E-state index in [0.29, 0.717) is 12.8 Å². The van der Waals surface area contributed by atoms with Gasteiger partial charge in [-0.2, -0.15) is 0 Å². The lowest BCUT2D eigenvalue weighted by molar-refractivity contribution is -0.192. The summed E-state index contributed by atoms with van der Waals surface area (Å²) < 4.78 is 15.3. The minimum Gasteiger partial charge on any atom is -0.478 e. The van der Waals surface area contributed by atoms with Gasteiger partial charge in [0, 0.05) is 12.8 Å². The molecule has 6 atom stereocenters. The van der Waals surface area contributed by atoms with Crippen molar-refractivity contribution in [2.45, 2.75) is 230 Å². The quantitative estimate of drug-likeness (QED) is 0.0214. The third kappa shape index (κ3) is 28.7. The lowest BCUT2D eigenvalue weighted by Crippen LogP contribution is -2.49. The molecule has 0 aliphatic rings. The fourth-order valence-corrected chi connectivity index (χ4v) is 6.36. The van der Waals surface area contributed by atoms with Gasteiger partial charge in [0.05, 0.1) is 6.61 Å². The van der Waals surface area contributed by atoms with Gasteiger partial charge >= 0.3 is 23.9 Å². The summed E-state index contributed by atoms with van der Waals surface area (Å²) in [6.45, 7) is 2.50. The molecular formula is C42H78O13. The molecule has 324 valence electrons. The van der Waals surface area contributed by atoms with Crippen molar-refractivity contribution in [1.29, 1.82) is 0 Å². The first-order chi connectivity index (χ1) is 26.5. The van der Waals surface area contributed by atoms with Crippen LogP contribution in [0, 0.1) is 0 Å². The van der Waals surface area contributed by atoms with Crippen molar-refractivity contribution in [1.82, 2.24) is 0 Å². The van der Waals surface area contributed by atoms with Crippen LogP contribution in [0.5, 0.6) is 0 Å². The molecule has 0 bridgehead atoms. The van der Waals surface area contributed by atoms with Crippen LogP contribution >= 0.6 is 0 Å². The van der Waals surface area contributed by atoms with Gasteiger partial charge in [0.25, 0.3) is 0 Å². The summed E-state index contributed by atoms with van der Waals surface area (Å²) in [6, 6.07) is 0. The van der Waals surface area contributed by atoms with Crippen LogP contribution in [-0.2, 0) is 33.4 Å². The molecule has 0 aromatic rings. The Balaban J connectivity index is 4.97. The average molecular weight is 791 g/mol. The van der Waals surface area contributed by atoms with Gasteiger partial charge in [-0.1, -0.05) is 168 Å². The Kier molecular flexibility index (Phi) is 34.5. The van der Waals surface area contributed by atoms with E-state index < -0.39 is 73.7 Å². The highest BCUT2D eigenvalue weighted by Gasteiger charge is 2.42. The number of aliphatic hydroxyl groups excluding tert-OH is 5. The van der Waals surface area contributed by atoms with Crippen molar-refractivity contribution in [3.05, 3.63) is 0 Å². The second kappa shape index (κ2) is 36.0. The minimum atomic E-state index is -2.23. The van der Waals surface area contributed by atoms with Crippen molar-refractivity contribution in [3.63, 3.8) is 0 Å². The monoisotopic (exact) mass is 791 g/mol. The molecule has 0 aromatic heterocycles. The molecule has 0 rings (SSSR count). The predicted molar refractivity (Wildman–Crippen MR) is 210 cm³/mol. The first-order valence-corrected chi connectivity index (χ1v) is 21.6. The highest BCUT2D eigenvalue weighted by atomic mass is 16.6. The number of unbranched alkanes of at least 4 members (excludes halogenated alkanes) is 24. The first-order valence-electron chi connectivity index (χ1n) is 21.6. The summed E-state index contributed by atoms with van der Waals surface area (Å²) in [7, 11) is 0. The molecule has 6 N–H and O–H groups in total. The molecule has 13 nitrogen and oxygen atoms in total. The Morgan fingerprint density at radius 1 is 0.455 bits per heavy atom. The van der Waals surface area contributed by atoms with Crippen molar-refractivity contribution < 1.29 is 64.0 Å². The summed E-state index contributed by atoms with van der Waals surface area (Å²) >= 11 is 0. The zero-order chi connectivity index (χ0) is 41.1. The molecule has 0 aliphatic heterocycles. The number of rotatable bonds is 39. The molecule has 13 heteroatoms. The van der Waals surface area contributed by atoms with E-state index in [1.54, 1.807) is 0 Å². The molecule has 0 fully saturated rings. The second-order valence-corrected chi connectivity index (χ2v) is 15.1. The zero-order valence-electron chi connectivity index (χ0n) is 34.2. The number of carbonyl (C=O) groups is 4. The Morgan fingerprint density at radius 3 is 1.09 bits per heavy atom. The smallest absolute Gasteiger partial charge is 0.352 e. The largest absolute Gasteiger partial charge is 0.478 e. The Bertz CT molecular complexity index is 962. The van der Waals surface area contributed by atoms with E-state index in [4.69, 9.17) is 19.3 Å². The summed E-state index contributed by atoms with van der Waals surface area (Å²) in [6.07, 6.45) is 16.1. The summed E-state index contributed by atoms with van der Waals surface area (Å²) in [5.41, 5.74) is 0. The Morgan fingerprint density at radius 2 is 0.764 bits per heavy atom. The van der Waals surface area contributed by atoms with Gasteiger partial charge in [-0.3, -0.25) is 9.59 Å². The van der Waals surface area contributed by atoms with Crippen LogP contribution in [0.4, 0.5) is 0 Å². The maximum absolute atomic E-state index is 13.1. The van der Waals surface area contributed by atoms with Gasteiger partial charge in [0.1, 0.15) is 31.0 Å². The maximum Gasteiger partial charge on any atom is 0.352 e. The maximum atomic E-state index is 13.1.